The first kappa shape index (κ1) is 20.8. The average Bonchev–Trinajstić information content (AvgIpc) is 2.73. The molecule has 0 amide bonds. The van der Waals surface area contributed by atoms with E-state index in [-0.39, 0.29) is 5.60 Å². The molecule has 4 heteroatoms. The molecule has 0 N–H and O–H groups in total. The minimum Gasteiger partial charge on any atom is -0.430 e. The van der Waals surface area contributed by atoms with E-state index in [4.69, 9.17) is 14.6 Å². The van der Waals surface area contributed by atoms with Crippen molar-refractivity contribution in [2.24, 2.45) is 0 Å². The van der Waals surface area contributed by atoms with Crippen LogP contribution >= 0.6 is 0 Å². The van der Waals surface area contributed by atoms with E-state index in [0.717, 1.165) is 33.6 Å². The van der Waals surface area contributed by atoms with E-state index in [1.165, 1.54) is 0 Å². The third kappa shape index (κ3) is 6.00. The molecule has 145 valence electrons. The van der Waals surface area contributed by atoms with Gasteiger partial charge in [-0.25, -0.2) is 9.97 Å². The number of hydrogen-bond donors (Lipinski definition) is 0. The number of rotatable bonds is 6. The summed E-state index contributed by atoms with van der Waals surface area (Å²) in [5.74, 6) is 0.676. The fourth-order valence-electron chi connectivity index (χ4n) is 2.77. The Bertz CT molecular complexity index is 948. The van der Waals surface area contributed by atoms with Crippen LogP contribution < -0.4 is 0 Å². The topological polar surface area (TPSA) is 35.0 Å². The number of nitrogens with zero attached hydrogens (tertiary/aromatic N) is 2. The highest BCUT2D eigenvalue weighted by molar-refractivity contribution is 6.39. The smallest absolute Gasteiger partial charge is 0.330 e. The lowest BCUT2D eigenvalue weighted by Crippen LogP contribution is -2.22. The first-order chi connectivity index (χ1) is 13.8. The number of allylic oxidation sites excluding steroid dienone is 3. The first-order valence-corrected chi connectivity index (χ1v) is 9.70. The molecule has 3 rings (SSSR count). The van der Waals surface area contributed by atoms with Crippen LogP contribution in [0.25, 0.3) is 28.1 Å². The highest BCUT2D eigenvalue weighted by Crippen LogP contribution is 2.26. The fourth-order valence-corrected chi connectivity index (χ4v) is 2.77. The summed E-state index contributed by atoms with van der Waals surface area (Å²) >= 11 is 0. The first-order valence-electron chi connectivity index (χ1n) is 9.70. The van der Waals surface area contributed by atoms with Crippen LogP contribution in [0, 0.1) is 0 Å². The molecule has 1 radical (unpaired) electrons. The molecule has 0 fully saturated rings. The second kappa shape index (κ2) is 9.02. The van der Waals surface area contributed by atoms with E-state index in [1.807, 2.05) is 76.2 Å². The minimum atomic E-state index is -0.255. The molecule has 0 aliphatic carbocycles. The van der Waals surface area contributed by atoms with Gasteiger partial charge in [-0.2, -0.15) is 0 Å². The Morgan fingerprint density at radius 3 is 1.83 bits per heavy atom. The van der Waals surface area contributed by atoms with Crippen LogP contribution in [-0.2, 0) is 4.65 Å². The molecule has 0 atom stereocenters. The number of hydrogen-bond acceptors (Lipinski definition) is 3. The van der Waals surface area contributed by atoms with Crippen LogP contribution in [0.2, 0.25) is 0 Å². The van der Waals surface area contributed by atoms with E-state index in [2.05, 4.69) is 30.8 Å². The van der Waals surface area contributed by atoms with Gasteiger partial charge in [-0.05, 0) is 39.3 Å². The molecule has 0 saturated carbocycles. The molecule has 3 nitrogen and oxygen atoms in total. The number of aromatic nitrogens is 2. The van der Waals surface area contributed by atoms with Crippen LogP contribution in [0.3, 0.4) is 0 Å². The van der Waals surface area contributed by atoms with E-state index >= 15 is 0 Å². The maximum Gasteiger partial charge on any atom is 0.330 e. The average molecular weight is 381 g/mol. The Kier molecular flexibility index (Phi) is 6.45. The van der Waals surface area contributed by atoms with Crippen molar-refractivity contribution in [1.82, 2.24) is 9.97 Å². The predicted molar refractivity (Wildman–Crippen MR) is 122 cm³/mol. The Labute approximate surface area is 174 Å². The molecule has 0 unspecified atom stereocenters. The van der Waals surface area contributed by atoms with Crippen LogP contribution in [0.15, 0.2) is 84.9 Å². The van der Waals surface area contributed by atoms with Crippen molar-refractivity contribution >= 4 is 13.1 Å². The molecule has 0 saturated heterocycles. The Morgan fingerprint density at radius 2 is 1.38 bits per heavy atom. The van der Waals surface area contributed by atoms with Crippen molar-refractivity contribution in [2.75, 3.05) is 0 Å². The predicted octanol–water partition coefficient (Wildman–Crippen LogP) is 6.16. The number of benzene rings is 2. The molecule has 0 aliphatic rings. The summed E-state index contributed by atoms with van der Waals surface area (Å²) in [6.45, 7) is 12.1. The standard InChI is InChI=1S/C25H26BN2O/c1-18(16-19(2)26-29-25(3,4)5)24-27-22(20-12-8-6-9-13-20)17-23(28-24)21-14-10-7-11-15-21/h6-17H,2H2,1,3-5H3/b18-16+. The van der Waals surface area contributed by atoms with Crippen LogP contribution in [0.4, 0.5) is 0 Å². The van der Waals surface area contributed by atoms with Gasteiger partial charge < -0.3 is 4.65 Å². The van der Waals surface area contributed by atoms with Gasteiger partial charge in [0.05, 0.1) is 11.4 Å². The van der Waals surface area contributed by atoms with E-state index in [9.17, 15) is 0 Å². The highest BCUT2D eigenvalue weighted by Gasteiger charge is 2.13. The second-order valence-electron chi connectivity index (χ2n) is 7.94. The summed E-state index contributed by atoms with van der Waals surface area (Å²) in [4.78, 5) is 9.63. The highest BCUT2D eigenvalue weighted by atomic mass is 16.5. The summed E-state index contributed by atoms with van der Waals surface area (Å²) in [7, 11) is 1.68. The van der Waals surface area contributed by atoms with Gasteiger partial charge in [0.2, 0.25) is 0 Å². The molecule has 0 spiro atoms. The molecule has 3 aromatic rings. The summed E-state index contributed by atoms with van der Waals surface area (Å²) in [6, 6.07) is 22.3. The SMILES string of the molecule is C=C([B]OC(C)(C)C)/C=C(\C)c1nc(-c2ccccc2)cc(-c2ccccc2)n1. The molecule has 1 heterocycles. The quantitative estimate of drug-likeness (QED) is 0.379. The van der Waals surface area contributed by atoms with Crippen molar-refractivity contribution in [2.45, 2.75) is 33.3 Å². The van der Waals surface area contributed by atoms with Crippen molar-refractivity contribution in [1.29, 1.82) is 0 Å². The van der Waals surface area contributed by atoms with Crippen molar-refractivity contribution in [3.63, 3.8) is 0 Å². The molecular weight excluding hydrogens is 355 g/mol. The minimum absolute atomic E-state index is 0.255. The Balaban J connectivity index is 1.99. The van der Waals surface area contributed by atoms with E-state index < -0.39 is 0 Å². The van der Waals surface area contributed by atoms with Crippen molar-refractivity contribution < 1.29 is 4.65 Å². The second-order valence-corrected chi connectivity index (χ2v) is 7.94. The molecule has 0 bridgehead atoms. The molecule has 2 aromatic carbocycles. The molecule has 0 aliphatic heterocycles. The van der Waals surface area contributed by atoms with Gasteiger partial charge >= 0.3 is 7.48 Å². The van der Waals surface area contributed by atoms with Gasteiger partial charge in [-0.3, -0.25) is 0 Å². The molecular formula is C25H26BN2O. The maximum absolute atomic E-state index is 5.70. The third-order valence-corrected chi connectivity index (χ3v) is 4.18. The van der Waals surface area contributed by atoms with E-state index in [0.29, 0.717) is 5.82 Å². The third-order valence-electron chi connectivity index (χ3n) is 4.18. The zero-order valence-electron chi connectivity index (χ0n) is 17.5. The lowest BCUT2D eigenvalue weighted by atomic mass is 9.86. The van der Waals surface area contributed by atoms with Crippen molar-refractivity contribution in [3.8, 4) is 22.5 Å². The van der Waals surface area contributed by atoms with Crippen LogP contribution in [-0.4, -0.2) is 23.1 Å². The zero-order chi connectivity index (χ0) is 20.9. The van der Waals surface area contributed by atoms with Gasteiger partial charge in [0.15, 0.2) is 5.82 Å². The van der Waals surface area contributed by atoms with Gasteiger partial charge in [0.1, 0.15) is 0 Å². The monoisotopic (exact) mass is 381 g/mol. The van der Waals surface area contributed by atoms with Gasteiger partial charge in [-0.15, -0.1) is 6.58 Å². The Hall–Kier alpha value is -2.98. The van der Waals surface area contributed by atoms with E-state index in [1.54, 1.807) is 7.48 Å². The fraction of sp³-hybridized carbons (Fsp3) is 0.200. The lowest BCUT2D eigenvalue weighted by molar-refractivity contribution is 0.141. The summed E-state index contributed by atoms with van der Waals surface area (Å²) in [5.41, 5.74) is 5.34. The maximum atomic E-state index is 5.70. The van der Waals surface area contributed by atoms with Crippen LogP contribution in [0.5, 0.6) is 0 Å². The zero-order valence-corrected chi connectivity index (χ0v) is 17.5. The summed E-state index contributed by atoms with van der Waals surface area (Å²) in [6.07, 6.45) is 1.95. The van der Waals surface area contributed by atoms with Gasteiger partial charge in [0, 0.05) is 16.7 Å². The Morgan fingerprint density at radius 1 is 0.897 bits per heavy atom. The summed E-state index contributed by atoms with van der Waals surface area (Å²) < 4.78 is 5.70. The van der Waals surface area contributed by atoms with Gasteiger partial charge in [-0.1, -0.05) is 72.2 Å². The van der Waals surface area contributed by atoms with Crippen molar-refractivity contribution in [3.05, 3.63) is 90.7 Å². The largest absolute Gasteiger partial charge is 0.430 e. The lowest BCUT2D eigenvalue weighted by Gasteiger charge is -2.19. The normalized spacial score (nSPS) is 11.9. The molecule has 1 aromatic heterocycles. The molecule has 29 heavy (non-hydrogen) atoms. The van der Waals surface area contributed by atoms with Crippen LogP contribution in [0.1, 0.15) is 33.5 Å². The summed E-state index contributed by atoms with van der Waals surface area (Å²) in [5, 5.41) is 0. The van der Waals surface area contributed by atoms with Gasteiger partial charge in [0.25, 0.3) is 0 Å².